The molecule has 2 aromatic heterocycles. The Kier molecular flexibility index (Phi) is 5.74. The van der Waals surface area contributed by atoms with E-state index >= 15 is 0 Å². The smallest absolute Gasteiger partial charge is 0.261 e. The Labute approximate surface area is 158 Å². The van der Waals surface area contributed by atoms with Crippen LogP contribution in [0.1, 0.15) is 36.1 Å². The number of hydrogen-bond donors (Lipinski definition) is 1. The predicted octanol–water partition coefficient (Wildman–Crippen LogP) is 3.86. The van der Waals surface area contributed by atoms with Gasteiger partial charge in [0.15, 0.2) is 0 Å². The van der Waals surface area contributed by atoms with Crippen molar-refractivity contribution in [1.29, 1.82) is 0 Å². The first-order valence-corrected chi connectivity index (χ1v) is 9.93. The number of carbonyl (C=O) groups excluding carboxylic acids is 1. The maximum atomic E-state index is 12.6. The second-order valence-corrected chi connectivity index (χ2v) is 7.47. The lowest BCUT2D eigenvalue weighted by Gasteiger charge is -2.26. The number of thiophene rings is 1. The molecular formula is C20H26N4OS. The summed E-state index contributed by atoms with van der Waals surface area (Å²) in [6, 6.07) is 12.3. The maximum Gasteiger partial charge on any atom is 0.261 e. The molecule has 3 rings (SSSR count). The van der Waals surface area contributed by atoms with Gasteiger partial charge in [-0.3, -0.25) is 9.69 Å². The molecule has 0 saturated carbocycles. The van der Waals surface area contributed by atoms with Crippen molar-refractivity contribution in [2.24, 2.45) is 0 Å². The number of likely N-dealkylation sites (N-methyl/N-ethyl adjacent to an activating group) is 1. The number of rotatable bonds is 7. The first kappa shape index (κ1) is 18.6. The molecule has 1 atom stereocenters. The van der Waals surface area contributed by atoms with Crippen LogP contribution in [0.2, 0.25) is 0 Å². The Hall–Kier alpha value is -2.18. The number of aryl methyl sites for hydroxylation is 1. The minimum Gasteiger partial charge on any atom is -0.350 e. The van der Waals surface area contributed by atoms with Gasteiger partial charge in [0.2, 0.25) is 0 Å². The molecule has 0 spiro atoms. The van der Waals surface area contributed by atoms with E-state index in [2.05, 4.69) is 36.1 Å². The Morgan fingerprint density at radius 3 is 2.62 bits per heavy atom. The molecule has 1 amide bonds. The van der Waals surface area contributed by atoms with Crippen molar-refractivity contribution in [2.75, 3.05) is 19.6 Å². The van der Waals surface area contributed by atoms with E-state index in [1.165, 1.54) is 11.3 Å². The average Bonchev–Trinajstić information content (AvgIpc) is 3.22. The Balaban J connectivity index is 1.80. The molecule has 0 bridgehead atoms. The number of nitrogens with one attached hydrogen (secondary N) is 1. The van der Waals surface area contributed by atoms with Crippen LogP contribution in [-0.2, 0) is 0 Å². The van der Waals surface area contributed by atoms with Gasteiger partial charge in [-0.05, 0) is 45.1 Å². The van der Waals surface area contributed by atoms with Crippen molar-refractivity contribution in [2.45, 2.75) is 33.7 Å². The van der Waals surface area contributed by atoms with E-state index in [1.54, 1.807) is 0 Å². The van der Waals surface area contributed by atoms with Crippen LogP contribution in [0.4, 0.5) is 0 Å². The normalized spacial score (nSPS) is 12.7. The molecule has 0 aliphatic carbocycles. The van der Waals surface area contributed by atoms with Gasteiger partial charge in [-0.15, -0.1) is 11.3 Å². The van der Waals surface area contributed by atoms with Crippen molar-refractivity contribution < 1.29 is 4.79 Å². The number of benzene rings is 1. The summed E-state index contributed by atoms with van der Waals surface area (Å²) in [5, 5.41) is 8.75. The lowest BCUT2D eigenvalue weighted by molar-refractivity contribution is 0.0942. The van der Waals surface area contributed by atoms with Gasteiger partial charge >= 0.3 is 0 Å². The molecule has 0 radical (unpaired) electrons. The largest absolute Gasteiger partial charge is 0.350 e. The van der Waals surface area contributed by atoms with Crippen LogP contribution in [0, 0.1) is 6.92 Å². The summed E-state index contributed by atoms with van der Waals surface area (Å²) in [5.74, 6) is -0.00998. The topological polar surface area (TPSA) is 50.2 Å². The predicted molar refractivity (Wildman–Crippen MR) is 108 cm³/mol. The van der Waals surface area contributed by atoms with Gasteiger partial charge in [-0.25, -0.2) is 4.68 Å². The highest BCUT2D eigenvalue weighted by molar-refractivity contribution is 7.20. The summed E-state index contributed by atoms with van der Waals surface area (Å²) < 4.78 is 1.92. The van der Waals surface area contributed by atoms with Gasteiger partial charge in [0.25, 0.3) is 5.91 Å². The van der Waals surface area contributed by atoms with Crippen molar-refractivity contribution >= 4 is 27.5 Å². The van der Waals surface area contributed by atoms with Gasteiger partial charge in [0.1, 0.15) is 4.83 Å². The lowest BCUT2D eigenvalue weighted by atomic mass is 10.2. The van der Waals surface area contributed by atoms with Gasteiger partial charge in [0, 0.05) is 18.0 Å². The number of carbonyl (C=O) groups is 1. The summed E-state index contributed by atoms with van der Waals surface area (Å²) in [6.07, 6.45) is 0. The van der Waals surface area contributed by atoms with Gasteiger partial charge in [-0.1, -0.05) is 32.0 Å². The van der Waals surface area contributed by atoms with Gasteiger partial charge < -0.3 is 5.32 Å². The van der Waals surface area contributed by atoms with Gasteiger partial charge in [-0.2, -0.15) is 5.10 Å². The molecule has 5 nitrogen and oxygen atoms in total. The first-order valence-electron chi connectivity index (χ1n) is 9.12. The zero-order valence-corrected chi connectivity index (χ0v) is 16.6. The summed E-state index contributed by atoms with van der Waals surface area (Å²) in [6.45, 7) is 11.1. The van der Waals surface area contributed by atoms with Crippen LogP contribution in [0.15, 0.2) is 36.4 Å². The molecule has 2 heterocycles. The third-order valence-electron chi connectivity index (χ3n) is 4.76. The summed E-state index contributed by atoms with van der Waals surface area (Å²) in [5.41, 5.74) is 1.95. The molecule has 0 aliphatic rings. The summed E-state index contributed by atoms with van der Waals surface area (Å²) >= 11 is 1.49. The highest BCUT2D eigenvalue weighted by Crippen LogP contribution is 2.30. The van der Waals surface area contributed by atoms with Crippen LogP contribution >= 0.6 is 11.3 Å². The van der Waals surface area contributed by atoms with Crippen LogP contribution in [0.3, 0.4) is 0 Å². The van der Waals surface area contributed by atoms with Crippen molar-refractivity contribution in [1.82, 2.24) is 20.0 Å². The number of nitrogens with zero attached hydrogens (tertiary/aromatic N) is 3. The molecule has 1 N–H and O–H groups in total. The van der Waals surface area contributed by atoms with E-state index < -0.39 is 0 Å². The highest BCUT2D eigenvalue weighted by Gasteiger charge is 2.18. The second-order valence-electron chi connectivity index (χ2n) is 6.44. The molecule has 1 aromatic carbocycles. The number of aromatic nitrogens is 2. The summed E-state index contributed by atoms with van der Waals surface area (Å²) in [4.78, 5) is 16.7. The Morgan fingerprint density at radius 1 is 1.27 bits per heavy atom. The Morgan fingerprint density at radius 2 is 1.96 bits per heavy atom. The fraction of sp³-hybridized carbons (Fsp3) is 0.400. The molecule has 0 saturated heterocycles. The molecule has 26 heavy (non-hydrogen) atoms. The number of amides is 1. The molecule has 0 fully saturated rings. The van der Waals surface area contributed by atoms with Crippen LogP contribution in [-0.4, -0.2) is 46.3 Å². The standard InChI is InChI=1S/C20H26N4OS/c1-5-23(6-2)14(3)13-21-19(25)18-12-17-15(4)22-24(20(17)26-18)16-10-8-7-9-11-16/h7-12,14H,5-6,13H2,1-4H3,(H,21,25). The highest BCUT2D eigenvalue weighted by atomic mass is 32.1. The first-order chi connectivity index (χ1) is 12.5. The molecule has 0 aliphatic heterocycles. The SMILES string of the molecule is CCN(CC)C(C)CNC(=O)c1cc2c(C)nn(-c3ccccc3)c2s1. The second kappa shape index (κ2) is 8.01. The molecule has 1 unspecified atom stereocenters. The maximum absolute atomic E-state index is 12.6. The fourth-order valence-corrected chi connectivity index (χ4v) is 4.31. The van der Waals surface area contributed by atoms with Crippen LogP contribution in [0.5, 0.6) is 0 Å². The molecular weight excluding hydrogens is 344 g/mol. The minimum atomic E-state index is -0.00998. The third-order valence-corrected chi connectivity index (χ3v) is 5.87. The molecule has 6 heteroatoms. The quantitative estimate of drug-likeness (QED) is 0.687. The number of fused-ring (bicyclic) bond motifs is 1. The van der Waals surface area contributed by atoms with Crippen molar-refractivity contribution in [3.8, 4) is 5.69 Å². The zero-order chi connectivity index (χ0) is 18.7. The third kappa shape index (κ3) is 3.66. The monoisotopic (exact) mass is 370 g/mol. The van der Waals surface area contributed by atoms with E-state index in [4.69, 9.17) is 0 Å². The number of hydrogen-bond acceptors (Lipinski definition) is 4. The van der Waals surface area contributed by atoms with E-state index in [0.717, 1.165) is 39.6 Å². The average molecular weight is 371 g/mol. The lowest BCUT2D eigenvalue weighted by Crippen LogP contribution is -2.41. The van der Waals surface area contributed by atoms with E-state index in [1.807, 2.05) is 48.0 Å². The minimum absolute atomic E-state index is 0.00998. The van der Waals surface area contributed by atoms with E-state index in [0.29, 0.717) is 12.6 Å². The molecule has 138 valence electrons. The van der Waals surface area contributed by atoms with E-state index in [-0.39, 0.29) is 5.91 Å². The Bertz CT molecular complexity index is 880. The van der Waals surface area contributed by atoms with Crippen LogP contribution < -0.4 is 5.32 Å². The zero-order valence-electron chi connectivity index (χ0n) is 15.8. The molecule has 3 aromatic rings. The number of para-hydroxylation sites is 1. The summed E-state index contributed by atoms with van der Waals surface area (Å²) in [7, 11) is 0. The van der Waals surface area contributed by atoms with Gasteiger partial charge in [0.05, 0.1) is 16.3 Å². The van der Waals surface area contributed by atoms with Crippen molar-refractivity contribution in [3.05, 3.63) is 47.0 Å². The van der Waals surface area contributed by atoms with Crippen molar-refractivity contribution in [3.63, 3.8) is 0 Å². The van der Waals surface area contributed by atoms with Crippen LogP contribution in [0.25, 0.3) is 15.9 Å². The fourth-order valence-electron chi connectivity index (χ4n) is 3.21. The van der Waals surface area contributed by atoms with E-state index in [9.17, 15) is 4.79 Å².